The van der Waals surface area contributed by atoms with Crippen LogP contribution in [0.25, 0.3) is 27.9 Å². The first-order valence-corrected chi connectivity index (χ1v) is 11.9. The zero-order valence-electron chi connectivity index (χ0n) is 19.0. The maximum absolute atomic E-state index is 12.9. The van der Waals surface area contributed by atoms with Crippen LogP contribution < -0.4 is 4.90 Å². The second kappa shape index (κ2) is 9.00. The van der Waals surface area contributed by atoms with Crippen molar-refractivity contribution in [2.45, 2.75) is 12.6 Å². The Morgan fingerprint density at radius 1 is 0.882 bits per heavy atom. The van der Waals surface area contributed by atoms with Crippen LogP contribution in [0.5, 0.6) is 0 Å². The summed E-state index contributed by atoms with van der Waals surface area (Å²) >= 11 is 0.912. The summed E-state index contributed by atoms with van der Waals surface area (Å²) in [7, 11) is 3.93. The Morgan fingerprint density at radius 3 is 2.06 bits per heavy atom. The molecule has 2 heterocycles. The molecule has 1 aliphatic rings. The highest BCUT2D eigenvalue weighted by molar-refractivity contribution is 8.18. The van der Waals surface area contributed by atoms with E-state index >= 15 is 0 Å². The molecule has 172 valence electrons. The molecule has 3 aromatic carbocycles. The molecular weight excluding hydrogens is 446 g/mol. The third-order valence-electron chi connectivity index (χ3n) is 6.05. The van der Waals surface area contributed by atoms with E-state index in [1.807, 2.05) is 79.7 Å². The maximum Gasteiger partial charge on any atom is 0.293 e. The number of aliphatic hydroxyl groups excluding tert-OH is 1. The normalized spacial score (nSPS) is 16.2. The molecule has 1 N–H and O–H groups in total. The lowest BCUT2D eigenvalue weighted by molar-refractivity contribution is -0.123. The molecule has 4 aromatic rings. The van der Waals surface area contributed by atoms with Crippen molar-refractivity contribution in [1.82, 2.24) is 9.47 Å². The van der Waals surface area contributed by atoms with Gasteiger partial charge in [-0.15, -0.1) is 0 Å². The number of carbonyl (C=O) groups is 2. The highest BCUT2D eigenvalue weighted by Crippen LogP contribution is 2.33. The Hall–Kier alpha value is -3.55. The van der Waals surface area contributed by atoms with Crippen molar-refractivity contribution in [2.75, 3.05) is 25.5 Å². The molecule has 1 saturated heterocycles. The monoisotopic (exact) mass is 471 g/mol. The number of amides is 2. The number of carbonyl (C=O) groups excluding carboxylic acids is 2. The minimum absolute atomic E-state index is 0.0532. The van der Waals surface area contributed by atoms with Crippen LogP contribution in [-0.4, -0.2) is 52.5 Å². The predicted molar refractivity (Wildman–Crippen MR) is 139 cm³/mol. The first-order valence-electron chi connectivity index (χ1n) is 11.1. The lowest BCUT2D eigenvalue weighted by atomic mass is 10.2. The van der Waals surface area contributed by atoms with Crippen LogP contribution in [0.3, 0.4) is 0 Å². The number of thioether (sulfide) groups is 1. The number of anilines is 1. The molecule has 34 heavy (non-hydrogen) atoms. The van der Waals surface area contributed by atoms with E-state index in [1.165, 1.54) is 0 Å². The molecule has 1 fully saturated rings. The Labute approximate surface area is 202 Å². The topological polar surface area (TPSA) is 65.8 Å². The fraction of sp³-hybridized carbons (Fsp3) is 0.185. The summed E-state index contributed by atoms with van der Waals surface area (Å²) in [5.41, 5.74) is 3.93. The molecule has 6 nitrogen and oxygen atoms in total. The van der Waals surface area contributed by atoms with Crippen LogP contribution >= 0.6 is 11.8 Å². The Bertz CT molecular complexity index is 1370. The summed E-state index contributed by atoms with van der Waals surface area (Å²) in [4.78, 5) is 29.0. The molecule has 0 spiro atoms. The van der Waals surface area contributed by atoms with Crippen molar-refractivity contribution < 1.29 is 14.7 Å². The van der Waals surface area contributed by atoms with E-state index in [0.717, 1.165) is 49.7 Å². The number of fused-ring (bicyclic) bond motifs is 3. The van der Waals surface area contributed by atoms with Gasteiger partial charge in [-0.25, -0.2) is 0 Å². The number of para-hydroxylation sites is 2. The zero-order valence-corrected chi connectivity index (χ0v) is 19.8. The largest absolute Gasteiger partial charge is 0.389 e. The Morgan fingerprint density at radius 2 is 1.47 bits per heavy atom. The zero-order chi connectivity index (χ0) is 23.8. The smallest absolute Gasteiger partial charge is 0.293 e. The number of β-amino-alcohol motifs (C(OH)–C–C–N with tert-alkyl or cyclic N) is 1. The van der Waals surface area contributed by atoms with Gasteiger partial charge in [0.05, 0.1) is 24.1 Å². The number of rotatable bonds is 6. The molecule has 7 heteroatoms. The van der Waals surface area contributed by atoms with Gasteiger partial charge in [-0.1, -0.05) is 48.5 Å². The summed E-state index contributed by atoms with van der Waals surface area (Å²) < 4.78 is 2.05. The van der Waals surface area contributed by atoms with E-state index in [2.05, 4.69) is 16.7 Å². The molecule has 0 saturated carbocycles. The summed E-state index contributed by atoms with van der Waals surface area (Å²) in [5, 5.41) is 12.8. The number of benzene rings is 3. The molecule has 5 rings (SSSR count). The van der Waals surface area contributed by atoms with Crippen molar-refractivity contribution in [3.8, 4) is 0 Å². The van der Waals surface area contributed by atoms with Crippen molar-refractivity contribution in [3.63, 3.8) is 0 Å². The molecular formula is C27H25N3O3S. The van der Waals surface area contributed by atoms with Gasteiger partial charge in [0.25, 0.3) is 11.1 Å². The van der Waals surface area contributed by atoms with Crippen molar-refractivity contribution in [3.05, 3.63) is 83.3 Å². The number of aromatic nitrogens is 1. The van der Waals surface area contributed by atoms with Gasteiger partial charge in [-0.3, -0.25) is 14.5 Å². The molecule has 0 bridgehead atoms. The highest BCUT2D eigenvalue weighted by Gasteiger charge is 2.36. The van der Waals surface area contributed by atoms with Crippen molar-refractivity contribution in [2.24, 2.45) is 0 Å². The number of nitrogens with zero attached hydrogens (tertiary/aromatic N) is 3. The van der Waals surface area contributed by atoms with Crippen molar-refractivity contribution in [1.29, 1.82) is 0 Å². The van der Waals surface area contributed by atoms with E-state index in [9.17, 15) is 14.7 Å². The van der Waals surface area contributed by atoms with Gasteiger partial charge in [0.15, 0.2) is 0 Å². The standard InChI is InChI=1S/C27H25N3O3S/c1-28(2)19-13-11-18(12-14-19)15-25-26(32)30(27(33)34-25)17-20(31)16-29-23-9-5-3-7-21(23)22-8-4-6-10-24(22)29/h3-15,20,31H,16-17H2,1-2H3/b25-15+/t20-/m1/s1. The second-order valence-corrected chi connectivity index (χ2v) is 9.57. The summed E-state index contributed by atoms with van der Waals surface area (Å²) in [5.74, 6) is -0.368. The van der Waals surface area contributed by atoms with Crippen molar-refractivity contribution >= 4 is 56.5 Å². The van der Waals surface area contributed by atoms with Gasteiger partial charge in [0.2, 0.25) is 0 Å². The van der Waals surface area contributed by atoms with Crippen LogP contribution in [-0.2, 0) is 11.3 Å². The van der Waals surface area contributed by atoms with Gasteiger partial charge in [0, 0.05) is 41.6 Å². The Balaban J connectivity index is 1.35. The molecule has 0 aliphatic carbocycles. The first kappa shape index (κ1) is 22.3. The van der Waals surface area contributed by atoms with Gasteiger partial charge < -0.3 is 14.6 Å². The number of imide groups is 1. The quantitative estimate of drug-likeness (QED) is 0.403. The third kappa shape index (κ3) is 4.08. The Kier molecular flexibility index (Phi) is 5.89. The molecule has 1 aromatic heterocycles. The van der Waals surface area contributed by atoms with Crippen LogP contribution in [0, 0.1) is 0 Å². The van der Waals surface area contributed by atoms with E-state index in [-0.39, 0.29) is 24.2 Å². The van der Waals surface area contributed by atoms with Crippen LogP contribution in [0.2, 0.25) is 0 Å². The summed E-state index contributed by atoms with van der Waals surface area (Å²) in [6, 6.07) is 23.9. The van der Waals surface area contributed by atoms with E-state index in [1.54, 1.807) is 6.08 Å². The second-order valence-electron chi connectivity index (χ2n) is 8.58. The molecule has 1 aliphatic heterocycles. The SMILES string of the molecule is CN(C)c1ccc(/C=C2/SC(=O)N(C[C@H](O)Cn3c4ccccc4c4ccccc43)C2=O)cc1. The molecule has 0 unspecified atom stereocenters. The minimum atomic E-state index is -0.897. The first-order chi connectivity index (χ1) is 16.4. The fourth-order valence-corrected chi connectivity index (χ4v) is 5.20. The summed E-state index contributed by atoms with van der Waals surface area (Å²) in [6.07, 6.45) is 0.829. The third-order valence-corrected chi connectivity index (χ3v) is 6.95. The average Bonchev–Trinajstić information content (AvgIpc) is 3.29. The van der Waals surface area contributed by atoms with Crippen LogP contribution in [0.4, 0.5) is 10.5 Å². The average molecular weight is 472 g/mol. The van der Waals surface area contributed by atoms with Crippen LogP contribution in [0.15, 0.2) is 77.7 Å². The minimum Gasteiger partial charge on any atom is -0.389 e. The van der Waals surface area contributed by atoms with Gasteiger partial charge in [-0.05, 0) is 47.7 Å². The number of hydrogen-bond donors (Lipinski definition) is 1. The number of aliphatic hydroxyl groups is 1. The molecule has 0 radical (unpaired) electrons. The lowest BCUT2D eigenvalue weighted by Crippen LogP contribution is -2.37. The highest BCUT2D eigenvalue weighted by atomic mass is 32.2. The van der Waals surface area contributed by atoms with Gasteiger partial charge in [-0.2, -0.15) is 0 Å². The maximum atomic E-state index is 12.9. The summed E-state index contributed by atoms with van der Waals surface area (Å²) in [6.45, 7) is 0.225. The fourth-order valence-electron chi connectivity index (χ4n) is 4.36. The molecule has 1 atom stereocenters. The van der Waals surface area contributed by atoms with Gasteiger partial charge >= 0.3 is 0 Å². The van der Waals surface area contributed by atoms with E-state index in [4.69, 9.17) is 0 Å². The van der Waals surface area contributed by atoms with Gasteiger partial charge in [0.1, 0.15) is 0 Å². The number of hydrogen-bond acceptors (Lipinski definition) is 5. The van der Waals surface area contributed by atoms with Crippen LogP contribution in [0.1, 0.15) is 5.56 Å². The molecule has 2 amide bonds. The van der Waals surface area contributed by atoms with E-state index < -0.39 is 6.10 Å². The van der Waals surface area contributed by atoms with E-state index in [0.29, 0.717) is 4.91 Å². The predicted octanol–water partition coefficient (Wildman–Crippen LogP) is 4.96. The lowest BCUT2D eigenvalue weighted by Gasteiger charge is -2.19.